The van der Waals surface area contributed by atoms with Gasteiger partial charge >= 0.3 is 0 Å². The molecule has 0 fully saturated rings. The highest BCUT2D eigenvalue weighted by Crippen LogP contribution is 2.00. The summed E-state index contributed by atoms with van der Waals surface area (Å²) in [6.45, 7) is 3.50. The molecule has 0 atom stereocenters. The van der Waals surface area contributed by atoms with Crippen LogP contribution in [0.1, 0.15) is 0 Å². The van der Waals surface area contributed by atoms with E-state index in [1.165, 1.54) is 6.33 Å². The van der Waals surface area contributed by atoms with E-state index >= 15 is 0 Å². The van der Waals surface area contributed by atoms with Gasteiger partial charge in [-0.1, -0.05) is 0 Å². The number of hydrogen-bond donors (Lipinski definition) is 1. The second kappa shape index (κ2) is 3.27. The first kappa shape index (κ1) is 7.15. The fourth-order valence-electron chi connectivity index (χ4n) is 0.691. The first-order chi connectivity index (χ1) is 5.47. The molecular formula is C6H5N5. The van der Waals surface area contributed by atoms with Gasteiger partial charge in [0.05, 0.1) is 12.4 Å². The van der Waals surface area contributed by atoms with E-state index < -0.39 is 0 Å². The molecule has 0 radical (unpaired) electrons. The van der Waals surface area contributed by atoms with Crippen molar-refractivity contribution in [1.29, 1.82) is 5.26 Å². The van der Waals surface area contributed by atoms with Crippen LogP contribution in [0.2, 0.25) is 0 Å². The van der Waals surface area contributed by atoms with E-state index in [4.69, 9.17) is 5.26 Å². The first-order valence-corrected chi connectivity index (χ1v) is 2.82. The minimum absolute atomic E-state index is 0.852. The Bertz CT molecular complexity index is 320. The zero-order valence-corrected chi connectivity index (χ0v) is 5.60. The average molecular weight is 147 g/mol. The Morgan fingerprint density at radius 1 is 1.36 bits per heavy atom. The largest absolute Gasteiger partial charge is 0.275 e. The van der Waals surface area contributed by atoms with Crippen molar-refractivity contribution in [1.82, 2.24) is 20.2 Å². The number of aromatic nitrogens is 4. The van der Waals surface area contributed by atoms with Crippen molar-refractivity contribution in [3.05, 3.63) is 18.7 Å². The van der Waals surface area contributed by atoms with Crippen LogP contribution in [0.3, 0.4) is 0 Å². The minimum atomic E-state index is 0.852. The second-order valence-corrected chi connectivity index (χ2v) is 1.69. The number of rotatable bonds is 0. The molecule has 2 aromatic rings. The van der Waals surface area contributed by atoms with Gasteiger partial charge in [-0.25, -0.2) is 15.2 Å². The molecule has 0 saturated heterocycles. The highest BCUT2D eigenvalue weighted by Gasteiger charge is 1.90. The lowest BCUT2D eigenvalue weighted by Crippen LogP contribution is -1.74. The summed E-state index contributed by atoms with van der Waals surface area (Å²) in [6, 6.07) is 0. The molecule has 2 heterocycles. The fourth-order valence-corrected chi connectivity index (χ4v) is 0.691. The van der Waals surface area contributed by atoms with Crippen molar-refractivity contribution in [2.24, 2.45) is 0 Å². The minimum Gasteiger partial charge on any atom is -0.275 e. The van der Waals surface area contributed by atoms with Crippen LogP contribution < -0.4 is 0 Å². The Kier molecular flexibility index (Phi) is 2.13. The highest BCUT2D eigenvalue weighted by molar-refractivity contribution is 5.71. The predicted molar refractivity (Wildman–Crippen MR) is 38.4 cm³/mol. The maximum atomic E-state index is 6.50. The van der Waals surface area contributed by atoms with Gasteiger partial charge in [-0.05, 0) is 0 Å². The smallest absolute Gasteiger partial charge is 0.116 e. The molecule has 5 heteroatoms. The third-order valence-electron chi connectivity index (χ3n) is 1.11. The van der Waals surface area contributed by atoms with Crippen LogP contribution in [-0.4, -0.2) is 20.2 Å². The maximum Gasteiger partial charge on any atom is 0.116 e. The number of aromatic amines is 1. The summed E-state index contributed by atoms with van der Waals surface area (Å²) < 4.78 is 0. The molecular weight excluding hydrogens is 142 g/mol. The first-order valence-electron chi connectivity index (χ1n) is 2.82. The predicted octanol–water partition coefficient (Wildman–Crippen LogP) is 0.493. The molecule has 0 amide bonds. The van der Waals surface area contributed by atoms with Crippen LogP contribution in [-0.2, 0) is 0 Å². The molecule has 2 aromatic heterocycles. The lowest BCUT2D eigenvalue weighted by atomic mass is 10.5. The zero-order chi connectivity index (χ0) is 8.10. The average Bonchev–Trinajstić information content (AvgIpc) is 2.55. The summed E-state index contributed by atoms with van der Waals surface area (Å²) in [7, 11) is 0. The third kappa shape index (κ3) is 1.30. The Morgan fingerprint density at radius 3 is 2.91 bits per heavy atom. The fraction of sp³-hybridized carbons (Fsp3) is 0. The van der Waals surface area contributed by atoms with Gasteiger partial charge in [-0.2, -0.15) is 5.10 Å². The van der Waals surface area contributed by atoms with Crippen molar-refractivity contribution in [3.8, 4) is 6.57 Å². The molecule has 0 unspecified atom stereocenters. The highest BCUT2D eigenvalue weighted by atomic mass is 15.1. The maximum absolute atomic E-state index is 6.50. The Labute approximate surface area is 62.7 Å². The van der Waals surface area contributed by atoms with Crippen LogP contribution >= 0.6 is 0 Å². The molecule has 11 heavy (non-hydrogen) atoms. The van der Waals surface area contributed by atoms with Gasteiger partial charge in [-0.3, -0.25) is 5.10 Å². The van der Waals surface area contributed by atoms with Crippen molar-refractivity contribution < 1.29 is 0 Å². The molecule has 0 aliphatic heterocycles. The number of fused-ring (bicyclic) bond motifs is 1. The number of nitrogens with one attached hydrogen (secondary N) is 1. The Hall–Kier alpha value is -1.96. The summed E-state index contributed by atoms with van der Waals surface area (Å²) in [4.78, 5) is 7.74. The van der Waals surface area contributed by atoms with Gasteiger partial charge < -0.3 is 0 Å². The van der Waals surface area contributed by atoms with E-state index in [1.54, 1.807) is 12.4 Å². The van der Waals surface area contributed by atoms with E-state index in [0.29, 0.717) is 0 Å². The topological polar surface area (TPSA) is 78.2 Å². The van der Waals surface area contributed by atoms with Crippen molar-refractivity contribution in [2.45, 2.75) is 0 Å². The van der Waals surface area contributed by atoms with Crippen molar-refractivity contribution in [2.75, 3.05) is 0 Å². The molecule has 0 aromatic carbocycles. The summed E-state index contributed by atoms with van der Waals surface area (Å²) in [5.41, 5.74) is 1.72. The van der Waals surface area contributed by atoms with Crippen molar-refractivity contribution >= 4 is 11.0 Å². The Morgan fingerprint density at radius 2 is 2.18 bits per heavy atom. The SMILES string of the molecule is C#N.c1ncc2[nH]ncc2n1. The van der Waals surface area contributed by atoms with E-state index in [9.17, 15) is 0 Å². The van der Waals surface area contributed by atoms with Crippen LogP contribution in [0.15, 0.2) is 18.7 Å². The molecule has 1 N–H and O–H groups in total. The molecule has 0 bridgehead atoms. The molecule has 2 rings (SSSR count). The lowest BCUT2D eigenvalue weighted by molar-refractivity contribution is 1.11. The lowest BCUT2D eigenvalue weighted by Gasteiger charge is -1.80. The summed E-state index contributed by atoms with van der Waals surface area (Å²) in [6.07, 6.45) is 4.85. The van der Waals surface area contributed by atoms with Gasteiger partial charge in [0.25, 0.3) is 0 Å². The van der Waals surface area contributed by atoms with Gasteiger partial charge in [0.2, 0.25) is 0 Å². The van der Waals surface area contributed by atoms with Crippen LogP contribution in [0.5, 0.6) is 0 Å². The van der Waals surface area contributed by atoms with Crippen molar-refractivity contribution in [3.63, 3.8) is 0 Å². The summed E-state index contributed by atoms with van der Waals surface area (Å²) >= 11 is 0. The second-order valence-electron chi connectivity index (χ2n) is 1.69. The van der Waals surface area contributed by atoms with E-state index in [1.807, 2.05) is 0 Å². The number of nitrogens with zero attached hydrogens (tertiary/aromatic N) is 4. The molecule has 0 spiro atoms. The number of H-pyrrole nitrogens is 1. The monoisotopic (exact) mass is 147 g/mol. The molecule has 5 nitrogen and oxygen atoms in total. The number of nitriles is 1. The van der Waals surface area contributed by atoms with Crippen LogP contribution in [0.4, 0.5) is 0 Å². The summed E-state index contributed by atoms with van der Waals surface area (Å²) in [5.74, 6) is 0. The quantitative estimate of drug-likeness (QED) is 0.588. The number of hydrogen-bond acceptors (Lipinski definition) is 4. The van der Waals surface area contributed by atoms with E-state index in [0.717, 1.165) is 11.0 Å². The molecule has 54 valence electrons. The molecule has 0 aliphatic rings. The summed E-state index contributed by atoms with van der Waals surface area (Å²) in [5, 5.41) is 13.0. The van der Waals surface area contributed by atoms with Gasteiger partial charge in [-0.15, -0.1) is 0 Å². The Balaban J connectivity index is 0.000000281. The van der Waals surface area contributed by atoms with E-state index in [-0.39, 0.29) is 0 Å². The van der Waals surface area contributed by atoms with Gasteiger partial charge in [0, 0.05) is 6.57 Å². The van der Waals surface area contributed by atoms with E-state index in [2.05, 4.69) is 26.7 Å². The standard InChI is InChI=1S/C5H4N4.CHN/c1-5-4(2-8-9-5)7-3-6-1;1-2/h1-3H,(H,8,9);1H. The van der Waals surface area contributed by atoms with Gasteiger partial charge in [0.1, 0.15) is 17.4 Å². The normalized spacial score (nSPS) is 8.55. The van der Waals surface area contributed by atoms with Crippen LogP contribution in [0.25, 0.3) is 11.0 Å². The van der Waals surface area contributed by atoms with Gasteiger partial charge in [0.15, 0.2) is 0 Å². The molecule has 0 aliphatic carbocycles. The molecule has 0 saturated carbocycles. The van der Waals surface area contributed by atoms with Crippen LogP contribution in [0, 0.1) is 11.8 Å². The third-order valence-corrected chi connectivity index (χ3v) is 1.11. The zero-order valence-electron chi connectivity index (χ0n) is 5.60.